The third-order valence-electron chi connectivity index (χ3n) is 9.25. The van der Waals surface area contributed by atoms with E-state index < -0.39 is 0 Å². The van der Waals surface area contributed by atoms with Crippen LogP contribution in [0, 0.1) is 0 Å². The Bertz CT molecular complexity index is 2670. The molecule has 0 saturated heterocycles. The highest BCUT2D eigenvalue weighted by atomic mass is 32.1. The number of benzene rings is 7. The van der Waals surface area contributed by atoms with E-state index in [1.165, 1.54) is 53.4 Å². The van der Waals surface area contributed by atoms with Crippen LogP contribution in [0.4, 0.5) is 17.1 Å². The lowest BCUT2D eigenvalue weighted by Gasteiger charge is -2.33. The van der Waals surface area contributed by atoms with Crippen LogP contribution in [0.3, 0.4) is 0 Å². The largest absolute Gasteiger partial charge is 0.309 e. The van der Waals surface area contributed by atoms with E-state index in [0.29, 0.717) is 17.5 Å². The van der Waals surface area contributed by atoms with Crippen LogP contribution in [0.1, 0.15) is 0 Å². The normalized spacial score (nSPS) is 12.1. The summed E-state index contributed by atoms with van der Waals surface area (Å²) < 4.78 is 2.48. The van der Waals surface area contributed by atoms with Crippen molar-refractivity contribution in [3.05, 3.63) is 158 Å². The first-order valence-corrected chi connectivity index (χ1v) is 16.9. The van der Waals surface area contributed by atoms with Gasteiger partial charge in [-0.2, -0.15) is 0 Å². The Hall–Kier alpha value is -6.17. The van der Waals surface area contributed by atoms with Crippen LogP contribution in [0.25, 0.3) is 76.2 Å². The zero-order chi connectivity index (χ0) is 31.6. The lowest BCUT2D eigenvalue weighted by molar-refractivity contribution is 1.08. The molecule has 0 unspecified atom stereocenters. The summed E-state index contributed by atoms with van der Waals surface area (Å²) in [4.78, 5) is 17.6. The second-order valence-electron chi connectivity index (χ2n) is 12.0. The Kier molecular flexibility index (Phi) is 6.01. The summed E-state index contributed by atoms with van der Waals surface area (Å²) in [5.74, 6) is 1.98. The SMILES string of the molecule is c1ccc(-c2nc(-c3ccc(N4c5ccccc5-c5cccc6cccc4c56)cc3)nc(-c3cccc4sc5ccccc5c34)n2)cc1. The highest BCUT2D eigenvalue weighted by Crippen LogP contribution is 2.50. The molecule has 4 nitrogen and oxygen atoms in total. The number of aromatic nitrogens is 3. The van der Waals surface area contributed by atoms with Gasteiger partial charge in [-0.25, -0.2) is 15.0 Å². The van der Waals surface area contributed by atoms with Crippen molar-refractivity contribution in [2.75, 3.05) is 4.90 Å². The summed E-state index contributed by atoms with van der Waals surface area (Å²) in [7, 11) is 0. The first kappa shape index (κ1) is 27.0. The fraction of sp³-hybridized carbons (Fsp3) is 0. The summed E-state index contributed by atoms with van der Waals surface area (Å²) in [6, 6.07) is 55.5. The highest BCUT2D eigenvalue weighted by molar-refractivity contribution is 7.25. The van der Waals surface area contributed by atoms with Gasteiger partial charge in [-0.3, -0.25) is 0 Å². The van der Waals surface area contributed by atoms with Gasteiger partial charge < -0.3 is 4.90 Å². The topological polar surface area (TPSA) is 41.9 Å². The molecular formula is C43H26N4S. The van der Waals surface area contributed by atoms with Gasteiger partial charge in [0.05, 0.1) is 11.4 Å². The lowest BCUT2D eigenvalue weighted by Crippen LogP contribution is -2.14. The van der Waals surface area contributed by atoms with E-state index in [4.69, 9.17) is 15.0 Å². The van der Waals surface area contributed by atoms with E-state index in [9.17, 15) is 0 Å². The molecule has 10 rings (SSSR count). The number of hydrogen-bond donors (Lipinski definition) is 0. The van der Waals surface area contributed by atoms with Gasteiger partial charge in [0.15, 0.2) is 17.5 Å². The Labute approximate surface area is 281 Å². The van der Waals surface area contributed by atoms with Gasteiger partial charge in [0.1, 0.15) is 0 Å². The number of thiophene rings is 1. The smallest absolute Gasteiger partial charge is 0.164 e. The molecule has 7 aromatic carbocycles. The Morgan fingerprint density at radius 3 is 1.85 bits per heavy atom. The van der Waals surface area contributed by atoms with Crippen LogP contribution < -0.4 is 4.90 Å². The molecule has 1 aliphatic rings. The molecule has 0 bridgehead atoms. The van der Waals surface area contributed by atoms with E-state index in [1.54, 1.807) is 11.3 Å². The second-order valence-corrected chi connectivity index (χ2v) is 13.1. The minimum absolute atomic E-state index is 0.647. The van der Waals surface area contributed by atoms with Gasteiger partial charge in [0.2, 0.25) is 0 Å². The van der Waals surface area contributed by atoms with Gasteiger partial charge in [0.25, 0.3) is 0 Å². The van der Waals surface area contributed by atoms with Crippen molar-refractivity contribution in [2.24, 2.45) is 0 Å². The minimum atomic E-state index is 0.647. The predicted octanol–water partition coefficient (Wildman–Crippen LogP) is 11.8. The molecule has 2 aromatic heterocycles. The second kappa shape index (κ2) is 10.7. The molecule has 0 aliphatic carbocycles. The van der Waals surface area contributed by atoms with E-state index in [1.807, 2.05) is 18.2 Å². The van der Waals surface area contributed by atoms with Gasteiger partial charge in [-0.15, -0.1) is 11.3 Å². The average molecular weight is 631 g/mol. The van der Waals surface area contributed by atoms with Crippen LogP contribution in [-0.4, -0.2) is 15.0 Å². The number of anilines is 3. The van der Waals surface area contributed by atoms with Crippen LogP contribution >= 0.6 is 11.3 Å². The minimum Gasteiger partial charge on any atom is -0.309 e. The van der Waals surface area contributed by atoms with Gasteiger partial charge in [-0.1, -0.05) is 109 Å². The first-order chi connectivity index (χ1) is 23.8. The summed E-state index contributed by atoms with van der Waals surface area (Å²) in [6.07, 6.45) is 0. The molecule has 0 saturated carbocycles. The third kappa shape index (κ3) is 4.18. The molecule has 5 heteroatoms. The fourth-order valence-corrected chi connectivity index (χ4v) is 8.23. The Morgan fingerprint density at radius 2 is 1.00 bits per heavy atom. The van der Waals surface area contributed by atoms with Gasteiger partial charge in [0, 0.05) is 53.5 Å². The average Bonchev–Trinajstić information content (AvgIpc) is 3.55. The van der Waals surface area contributed by atoms with Crippen LogP contribution in [0.2, 0.25) is 0 Å². The van der Waals surface area contributed by atoms with E-state index in [2.05, 4.69) is 144 Å². The quantitative estimate of drug-likeness (QED) is 0.194. The zero-order valence-electron chi connectivity index (χ0n) is 25.7. The maximum Gasteiger partial charge on any atom is 0.164 e. The fourth-order valence-electron chi connectivity index (χ4n) is 7.10. The molecule has 224 valence electrons. The summed E-state index contributed by atoms with van der Waals surface area (Å²) in [5, 5.41) is 4.91. The van der Waals surface area contributed by atoms with Crippen molar-refractivity contribution in [1.29, 1.82) is 0 Å². The molecule has 9 aromatic rings. The maximum atomic E-state index is 5.14. The number of fused-ring (bicyclic) bond motifs is 5. The van der Waals surface area contributed by atoms with Crippen LogP contribution in [0.15, 0.2) is 158 Å². The molecule has 0 fully saturated rings. The monoisotopic (exact) mass is 630 g/mol. The number of para-hydroxylation sites is 1. The van der Waals surface area contributed by atoms with Crippen molar-refractivity contribution in [2.45, 2.75) is 0 Å². The third-order valence-corrected chi connectivity index (χ3v) is 10.4. The Morgan fingerprint density at radius 1 is 0.396 bits per heavy atom. The standard InChI is InChI=1S/C43H26N4S/c1-2-11-28(12-3-1)41-44-42(46-43(45-41)34-18-10-22-38-40(34)33-16-5-7-21-37(33)48-38)29-23-25-30(26-24-29)47-35-19-6-4-15-31(35)32-17-8-13-27-14-9-20-36(47)39(27)32/h1-26H. The van der Waals surface area contributed by atoms with Crippen molar-refractivity contribution in [1.82, 2.24) is 15.0 Å². The zero-order valence-corrected chi connectivity index (χ0v) is 26.5. The number of hydrogen-bond acceptors (Lipinski definition) is 5. The van der Waals surface area contributed by atoms with Crippen molar-refractivity contribution in [3.63, 3.8) is 0 Å². The van der Waals surface area contributed by atoms with Gasteiger partial charge >= 0.3 is 0 Å². The molecule has 1 aliphatic heterocycles. The van der Waals surface area contributed by atoms with E-state index in [-0.39, 0.29) is 0 Å². The molecule has 0 atom stereocenters. The predicted molar refractivity (Wildman–Crippen MR) is 200 cm³/mol. The van der Waals surface area contributed by atoms with Gasteiger partial charge in [-0.05, 0) is 59.5 Å². The van der Waals surface area contributed by atoms with Crippen LogP contribution in [0.5, 0.6) is 0 Å². The van der Waals surface area contributed by atoms with Crippen molar-refractivity contribution in [3.8, 4) is 45.3 Å². The molecule has 3 heterocycles. The van der Waals surface area contributed by atoms with Crippen molar-refractivity contribution >= 4 is 59.3 Å². The van der Waals surface area contributed by atoms with Crippen molar-refractivity contribution < 1.29 is 0 Å². The van der Waals surface area contributed by atoms with E-state index in [0.717, 1.165) is 22.4 Å². The molecular weight excluding hydrogens is 605 g/mol. The molecule has 0 N–H and O–H groups in total. The number of nitrogens with zero attached hydrogens (tertiary/aromatic N) is 4. The molecule has 0 amide bonds. The molecule has 48 heavy (non-hydrogen) atoms. The number of rotatable bonds is 4. The summed E-state index contributed by atoms with van der Waals surface area (Å²) in [6.45, 7) is 0. The van der Waals surface area contributed by atoms with E-state index >= 15 is 0 Å². The summed E-state index contributed by atoms with van der Waals surface area (Å²) >= 11 is 1.80. The summed E-state index contributed by atoms with van der Waals surface area (Å²) in [5.41, 5.74) is 8.84. The molecule has 0 spiro atoms. The maximum absolute atomic E-state index is 5.14. The first-order valence-electron chi connectivity index (χ1n) is 16.0. The highest BCUT2D eigenvalue weighted by Gasteiger charge is 2.25. The van der Waals surface area contributed by atoms with Crippen LogP contribution in [-0.2, 0) is 0 Å². The molecule has 0 radical (unpaired) electrons. The lowest BCUT2D eigenvalue weighted by atomic mass is 9.91. The Balaban J connectivity index is 1.14.